The number of nitrogens with zero attached hydrogens (tertiary/aromatic N) is 2. The van der Waals surface area contributed by atoms with Crippen LogP contribution >= 0.6 is 24.0 Å². The van der Waals surface area contributed by atoms with E-state index in [0.29, 0.717) is 64.2 Å². The Kier molecular flexibility index (Phi) is 6.80. The quantitative estimate of drug-likeness (QED) is 0.426. The van der Waals surface area contributed by atoms with E-state index < -0.39 is 0 Å². The van der Waals surface area contributed by atoms with Crippen LogP contribution in [0.5, 0.6) is 23.0 Å². The first kappa shape index (κ1) is 23.5. The summed E-state index contributed by atoms with van der Waals surface area (Å²) in [5.41, 5.74) is 1.35. The zero-order valence-corrected chi connectivity index (χ0v) is 20.5. The lowest BCUT2D eigenvalue weighted by Gasteiger charge is -2.26. The Morgan fingerprint density at radius 3 is 2.71 bits per heavy atom. The number of hydrogen-bond acceptors (Lipinski definition) is 9. The third kappa shape index (κ3) is 4.93. The number of carbonyl (C=O) groups excluding carboxylic acids is 2. The van der Waals surface area contributed by atoms with Crippen LogP contribution in [-0.4, -0.2) is 67.8 Å². The van der Waals surface area contributed by atoms with E-state index in [0.717, 1.165) is 5.56 Å². The van der Waals surface area contributed by atoms with Crippen LogP contribution in [0.25, 0.3) is 6.08 Å². The molecule has 0 N–H and O–H groups in total. The Hall–Kier alpha value is -3.28. The Morgan fingerprint density at radius 2 is 1.91 bits per heavy atom. The van der Waals surface area contributed by atoms with E-state index in [1.54, 1.807) is 47.4 Å². The smallest absolute Gasteiger partial charge is 0.270 e. The Balaban J connectivity index is 1.29. The molecule has 11 heteroatoms. The fourth-order valence-electron chi connectivity index (χ4n) is 3.80. The second-order valence-corrected chi connectivity index (χ2v) is 9.42. The maximum absolute atomic E-state index is 13.1. The number of benzene rings is 2. The lowest BCUT2D eigenvalue weighted by molar-refractivity contribution is -0.137. The van der Waals surface area contributed by atoms with E-state index >= 15 is 0 Å². The fraction of sp³-hybridized carbons (Fsp3) is 0.292. The maximum atomic E-state index is 13.1. The highest BCUT2D eigenvalue weighted by molar-refractivity contribution is 8.27. The molecule has 0 aromatic heterocycles. The van der Waals surface area contributed by atoms with Gasteiger partial charge in [0.1, 0.15) is 0 Å². The summed E-state index contributed by atoms with van der Waals surface area (Å²) in [5, 5.41) is 0. The average Bonchev–Trinajstić information content (AvgIpc) is 3.46. The number of anilines is 1. The van der Waals surface area contributed by atoms with Gasteiger partial charge in [-0.25, -0.2) is 0 Å². The number of ether oxygens (including phenoxy) is 5. The number of amides is 2. The van der Waals surface area contributed by atoms with Crippen molar-refractivity contribution >= 4 is 51.9 Å². The van der Waals surface area contributed by atoms with Gasteiger partial charge in [0.15, 0.2) is 33.9 Å². The monoisotopic (exact) mass is 514 g/mol. The summed E-state index contributed by atoms with van der Waals surface area (Å²) >= 11 is 6.69. The predicted octanol–water partition coefficient (Wildman–Crippen LogP) is 3.07. The summed E-state index contributed by atoms with van der Waals surface area (Å²) in [4.78, 5) is 29.2. The summed E-state index contributed by atoms with van der Waals surface area (Å²) < 4.78 is 27.6. The molecule has 3 heterocycles. The molecule has 9 nitrogen and oxygen atoms in total. The second-order valence-electron chi connectivity index (χ2n) is 7.75. The number of morpholine rings is 1. The van der Waals surface area contributed by atoms with Gasteiger partial charge in [-0.05, 0) is 35.9 Å². The fourth-order valence-corrected chi connectivity index (χ4v) is 5.10. The van der Waals surface area contributed by atoms with E-state index in [2.05, 4.69) is 0 Å². The average molecular weight is 515 g/mol. The minimum absolute atomic E-state index is 0.0934. The molecule has 0 bridgehead atoms. The summed E-state index contributed by atoms with van der Waals surface area (Å²) in [7, 11) is 1.52. The third-order valence-electron chi connectivity index (χ3n) is 5.61. The van der Waals surface area contributed by atoms with Gasteiger partial charge < -0.3 is 28.6 Å². The molecule has 3 aliphatic rings. The minimum Gasteiger partial charge on any atom is -0.493 e. The van der Waals surface area contributed by atoms with Crippen LogP contribution in [0, 0.1) is 0 Å². The summed E-state index contributed by atoms with van der Waals surface area (Å²) in [5.74, 6) is 1.78. The zero-order chi connectivity index (χ0) is 24.4. The largest absolute Gasteiger partial charge is 0.493 e. The summed E-state index contributed by atoms with van der Waals surface area (Å²) in [6.45, 7) is 2.24. The molecule has 2 saturated heterocycles. The van der Waals surface area contributed by atoms with E-state index in [4.69, 9.17) is 35.9 Å². The van der Waals surface area contributed by atoms with Crippen molar-refractivity contribution in [2.24, 2.45) is 0 Å². The lowest BCUT2D eigenvalue weighted by atomic mass is 10.1. The molecule has 0 radical (unpaired) electrons. The van der Waals surface area contributed by atoms with Crippen LogP contribution in [0.2, 0.25) is 0 Å². The van der Waals surface area contributed by atoms with Crippen LogP contribution < -0.4 is 23.8 Å². The SMILES string of the molecule is COc1cc(/C=C2\SC(=S)N(c3ccc4c(c3)OCO4)C2=O)ccc1OCC(=O)N1CCOCC1. The predicted molar refractivity (Wildman–Crippen MR) is 134 cm³/mol. The lowest BCUT2D eigenvalue weighted by Crippen LogP contribution is -2.43. The highest BCUT2D eigenvalue weighted by Gasteiger charge is 2.34. The number of rotatable bonds is 6. The van der Waals surface area contributed by atoms with Crippen LogP contribution in [0.15, 0.2) is 41.3 Å². The van der Waals surface area contributed by atoms with Crippen molar-refractivity contribution < 1.29 is 33.3 Å². The van der Waals surface area contributed by atoms with Gasteiger partial charge >= 0.3 is 0 Å². The zero-order valence-electron chi connectivity index (χ0n) is 18.9. The molecule has 2 amide bonds. The van der Waals surface area contributed by atoms with Gasteiger partial charge in [-0.15, -0.1) is 0 Å². The van der Waals surface area contributed by atoms with Crippen LogP contribution in [0.3, 0.4) is 0 Å². The van der Waals surface area contributed by atoms with Gasteiger partial charge in [0.2, 0.25) is 6.79 Å². The molecule has 35 heavy (non-hydrogen) atoms. The molecule has 2 aromatic rings. The molecule has 3 aliphatic heterocycles. The molecular formula is C24H22N2O7S2. The van der Waals surface area contributed by atoms with Gasteiger partial charge in [-0.3, -0.25) is 14.5 Å². The number of carbonyl (C=O) groups is 2. The maximum Gasteiger partial charge on any atom is 0.270 e. The van der Waals surface area contributed by atoms with Gasteiger partial charge in [-0.1, -0.05) is 30.0 Å². The molecule has 2 aromatic carbocycles. The van der Waals surface area contributed by atoms with Gasteiger partial charge in [-0.2, -0.15) is 0 Å². The first-order valence-electron chi connectivity index (χ1n) is 10.9. The van der Waals surface area contributed by atoms with Gasteiger partial charge in [0.05, 0.1) is 30.9 Å². The molecule has 5 rings (SSSR count). The molecule has 0 spiro atoms. The normalized spacial score (nSPS) is 18.4. The topological polar surface area (TPSA) is 86.8 Å². The molecular weight excluding hydrogens is 492 g/mol. The van der Waals surface area contributed by atoms with Crippen LogP contribution in [-0.2, 0) is 14.3 Å². The number of methoxy groups -OCH3 is 1. The molecule has 182 valence electrons. The minimum atomic E-state index is -0.228. The molecule has 0 atom stereocenters. The van der Waals surface area contributed by atoms with Crippen molar-refractivity contribution in [1.82, 2.24) is 4.90 Å². The highest BCUT2D eigenvalue weighted by Crippen LogP contribution is 2.41. The Labute approximate surface area is 211 Å². The molecule has 0 saturated carbocycles. The number of hydrogen-bond donors (Lipinski definition) is 0. The number of fused-ring (bicyclic) bond motifs is 1. The van der Waals surface area contributed by atoms with Crippen molar-refractivity contribution in [3.05, 3.63) is 46.9 Å². The Bertz CT molecular complexity index is 1210. The van der Waals surface area contributed by atoms with Gasteiger partial charge in [0.25, 0.3) is 11.8 Å². The molecule has 0 unspecified atom stereocenters. The van der Waals surface area contributed by atoms with E-state index in [1.807, 2.05) is 0 Å². The van der Waals surface area contributed by atoms with Crippen molar-refractivity contribution in [1.29, 1.82) is 0 Å². The van der Waals surface area contributed by atoms with Crippen LogP contribution in [0.4, 0.5) is 5.69 Å². The van der Waals surface area contributed by atoms with Crippen LogP contribution in [0.1, 0.15) is 5.56 Å². The van der Waals surface area contributed by atoms with E-state index in [-0.39, 0.29) is 25.2 Å². The molecule has 0 aliphatic carbocycles. The Morgan fingerprint density at radius 1 is 1.11 bits per heavy atom. The van der Waals surface area contributed by atoms with Crippen molar-refractivity contribution in [2.75, 3.05) is 51.7 Å². The number of thiocarbonyl (C=S) groups is 1. The van der Waals surface area contributed by atoms with E-state index in [9.17, 15) is 9.59 Å². The van der Waals surface area contributed by atoms with Crippen molar-refractivity contribution in [2.45, 2.75) is 0 Å². The standard InChI is InChI=1S/C24H22N2O7S2/c1-29-19-10-15(2-4-17(19)31-13-22(27)25-6-8-30-9-7-25)11-21-23(28)26(24(34)35-21)16-3-5-18-20(12-16)33-14-32-18/h2-5,10-12H,6-9,13-14H2,1H3/b21-11-. The summed E-state index contributed by atoms with van der Waals surface area (Å²) in [6, 6.07) is 10.5. The number of thioether (sulfide) groups is 1. The third-order valence-corrected chi connectivity index (χ3v) is 6.91. The summed E-state index contributed by atoms with van der Waals surface area (Å²) in [6.07, 6.45) is 1.75. The highest BCUT2D eigenvalue weighted by atomic mass is 32.2. The first-order valence-corrected chi connectivity index (χ1v) is 12.1. The second kappa shape index (κ2) is 10.1. The van der Waals surface area contributed by atoms with Gasteiger partial charge in [0, 0.05) is 19.2 Å². The molecule has 2 fully saturated rings. The first-order chi connectivity index (χ1) is 17.0. The van der Waals surface area contributed by atoms with Crippen molar-refractivity contribution in [3.63, 3.8) is 0 Å². The van der Waals surface area contributed by atoms with E-state index in [1.165, 1.54) is 23.8 Å². The van der Waals surface area contributed by atoms with Crippen molar-refractivity contribution in [3.8, 4) is 23.0 Å².